The lowest BCUT2D eigenvalue weighted by Gasteiger charge is -2.37. The van der Waals surface area contributed by atoms with E-state index < -0.39 is 0 Å². The van der Waals surface area contributed by atoms with Gasteiger partial charge in [-0.1, -0.05) is 48.5 Å². The summed E-state index contributed by atoms with van der Waals surface area (Å²) in [6.07, 6.45) is 1.16. The van der Waals surface area contributed by atoms with E-state index in [0.29, 0.717) is 41.7 Å². The lowest BCUT2D eigenvalue weighted by molar-refractivity contribution is -0.142. The predicted octanol–water partition coefficient (Wildman–Crippen LogP) is 4.20. The quantitative estimate of drug-likeness (QED) is 0.747. The van der Waals surface area contributed by atoms with Crippen LogP contribution in [0, 0.1) is 29.6 Å². The zero-order chi connectivity index (χ0) is 14.9. The molecular weight excluding hydrogens is 234 g/mol. The van der Waals surface area contributed by atoms with Crippen LogP contribution in [-0.4, -0.2) is 22.9 Å². The Morgan fingerprint density at radius 2 is 1.47 bits per heavy atom. The molecule has 1 fully saturated rings. The molecule has 2 heteroatoms. The molecule has 1 aliphatic rings. The van der Waals surface area contributed by atoms with E-state index in [1.165, 1.54) is 0 Å². The second-order valence-electron chi connectivity index (χ2n) is 7.52. The van der Waals surface area contributed by atoms with Crippen molar-refractivity contribution in [3.8, 4) is 0 Å². The number of rotatable bonds is 4. The Morgan fingerprint density at radius 3 is 1.84 bits per heavy atom. The molecule has 0 aromatic rings. The van der Waals surface area contributed by atoms with Gasteiger partial charge in [0.05, 0.1) is 0 Å². The Labute approximate surface area is 119 Å². The Balaban J connectivity index is 3.00. The molecule has 1 saturated heterocycles. The fraction of sp³-hybridized carbons (Fsp3) is 0.941. The van der Waals surface area contributed by atoms with Crippen LogP contribution in [0.3, 0.4) is 0 Å². The Hall–Kier alpha value is -0.530. The van der Waals surface area contributed by atoms with Crippen LogP contribution < -0.4 is 0 Å². The van der Waals surface area contributed by atoms with Crippen molar-refractivity contribution in [2.75, 3.05) is 0 Å². The second kappa shape index (κ2) is 6.28. The Kier molecular flexibility index (Phi) is 5.46. The molecule has 2 nitrogen and oxygen atoms in total. The minimum atomic E-state index is 0.161. The van der Waals surface area contributed by atoms with Gasteiger partial charge in [0.1, 0.15) is 0 Å². The standard InChI is InChI=1S/C17H33NO/c1-10(2)15-9-13(7)14(8)18(15)17(19)16(11(3)4)12(5)6/h10-16H,9H2,1-8H3/t13?,14?,15-/m0/s1. The third kappa shape index (κ3) is 3.32. The highest BCUT2D eigenvalue weighted by Gasteiger charge is 2.43. The minimum Gasteiger partial charge on any atom is -0.336 e. The molecule has 0 aliphatic carbocycles. The molecular formula is C17H33NO. The largest absolute Gasteiger partial charge is 0.336 e. The van der Waals surface area contributed by atoms with Crippen LogP contribution in [0.1, 0.15) is 61.8 Å². The first-order chi connectivity index (χ1) is 8.68. The molecule has 0 saturated carbocycles. The van der Waals surface area contributed by atoms with Gasteiger partial charge >= 0.3 is 0 Å². The maximum Gasteiger partial charge on any atom is 0.226 e. The van der Waals surface area contributed by atoms with Crippen LogP contribution in [0.2, 0.25) is 0 Å². The summed E-state index contributed by atoms with van der Waals surface area (Å²) >= 11 is 0. The van der Waals surface area contributed by atoms with Gasteiger partial charge in [0.2, 0.25) is 5.91 Å². The summed E-state index contributed by atoms with van der Waals surface area (Å²) in [5, 5.41) is 0. The molecule has 2 unspecified atom stereocenters. The normalized spacial score (nSPS) is 28.2. The summed E-state index contributed by atoms with van der Waals surface area (Å²) in [4.78, 5) is 15.2. The van der Waals surface area contributed by atoms with Gasteiger partial charge in [0.15, 0.2) is 0 Å². The molecule has 0 spiro atoms. The smallest absolute Gasteiger partial charge is 0.226 e. The van der Waals surface area contributed by atoms with Gasteiger partial charge in [-0.2, -0.15) is 0 Å². The summed E-state index contributed by atoms with van der Waals surface area (Å²) in [6, 6.07) is 0.817. The zero-order valence-electron chi connectivity index (χ0n) is 14.1. The maximum atomic E-state index is 13.0. The average molecular weight is 267 g/mol. The van der Waals surface area contributed by atoms with Crippen LogP contribution in [0.4, 0.5) is 0 Å². The third-order valence-electron chi connectivity index (χ3n) is 4.98. The number of hydrogen-bond acceptors (Lipinski definition) is 1. The first-order valence-electron chi connectivity index (χ1n) is 8.00. The van der Waals surface area contributed by atoms with Crippen LogP contribution in [-0.2, 0) is 4.79 Å². The first-order valence-corrected chi connectivity index (χ1v) is 8.00. The van der Waals surface area contributed by atoms with Gasteiger partial charge in [-0.15, -0.1) is 0 Å². The molecule has 1 aliphatic heterocycles. The monoisotopic (exact) mass is 267 g/mol. The molecule has 19 heavy (non-hydrogen) atoms. The first kappa shape index (κ1) is 16.5. The van der Waals surface area contributed by atoms with E-state index in [1.807, 2.05) is 0 Å². The number of hydrogen-bond donors (Lipinski definition) is 0. The van der Waals surface area contributed by atoms with Crippen LogP contribution >= 0.6 is 0 Å². The molecule has 1 rings (SSSR count). The molecule has 0 aromatic heterocycles. The van der Waals surface area contributed by atoms with Crippen molar-refractivity contribution >= 4 is 5.91 Å². The molecule has 3 atom stereocenters. The summed E-state index contributed by atoms with van der Waals surface area (Å²) in [7, 11) is 0. The van der Waals surface area contributed by atoms with E-state index in [4.69, 9.17) is 0 Å². The molecule has 0 aromatic carbocycles. The van der Waals surface area contributed by atoms with Crippen molar-refractivity contribution in [2.24, 2.45) is 29.6 Å². The SMILES string of the molecule is CC(C)C(C(=O)N1C(C)C(C)C[C@H]1C(C)C)C(C)C. The lowest BCUT2D eigenvalue weighted by atomic mass is 9.83. The highest BCUT2D eigenvalue weighted by Crippen LogP contribution is 2.36. The van der Waals surface area contributed by atoms with Gasteiger partial charge in [0, 0.05) is 18.0 Å². The highest BCUT2D eigenvalue weighted by molar-refractivity contribution is 5.80. The molecule has 1 heterocycles. The van der Waals surface area contributed by atoms with Gasteiger partial charge in [-0.05, 0) is 37.0 Å². The van der Waals surface area contributed by atoms with Crippen molar-refractivity contribution in [1.82, 2.24) is 4.90 Å². The van der Waals surface area contributed by atoms with Gasteiger partial charge in [-0.25, -0.2) is 0 Å². The zero-order valence-corrected chi connectivity index (χ0v) is 14.1. The van der Waals surface area contributed by atoms with Crippen molar-refractivity contribution in [3.05, 3.63) is 0 Å². The van der Waals surface area contributed by atoms with E-state index >= 15 is 0 Å². The molecule has 0 radical (unpaired) electrons. The Morgan fingerprint density at radius 1 is 1.00 bits per heavy atom. The fourth-order valence-electron chi connectivity index (χ4n) is 3.74. The summed E-state index contributed by atoms with van der Waals surface area (Å²) < 4.78 is 0. The van der Waals surface area contributed by atoms with E-state index in [9.17, 15) is 4.79 Å². The van der Waals surface area contributed by atoms with Crippen molar-refractivity contribution < 1.29 is 4.79 Å². The van der Waals surface area contributed by atoms with Crippen molar-refractivity contribution in [1.29, 1.82) is 0 Å². The summed E-state index contributed by atoms with van der Waals surface area (Å²) in [5.41, 5.74) is 0. The van der Waals surface area contributed by atoms with Crippen LogP contribution in [0.25, 0.3) is 0 Å². The fourth-order valence-corrected chi connectivity index (χ4v) is 3.74. The molecule has 1 amide bonds. The van der Waals surface area contributed by atoms with Crippen LogP contribution in [0.15, 0.2) is 0 Å². The highest BCUT2D eigenvalue weighted by atomic mass is 16.2. The summed E-state index contributed by atoms with van der Waals surface area (Å²) in [6.45, 7) is 17.7. The van der Waals surface area contributed by atoms with Gasteiger partial charge in [0.25, 0.3) is 0 Å². The number of amides is 1. The van der Waals surface area contributed by atoms with E-state index in [2.05, 4.69) is 60.3 Å². The molecule has 112 valence electrons. The minimum absolute atomic E-state index is 0.161. The van der Waals surface area contributed by atoms with Gasteiger partial charge in [-0.3, -0.25) is 4.79 Å². The Bertz CT molecular complexity index is 300. The third-order valence-corrected chi connectivity index (χ3v) is 4.98. The predicted molar refractivity (Wildman–Crippen MR) is 81.9 cm³/mol. The molecule has 0 bridgehead atoms. The van der Waals surface area contributed by atoms with E-state index in [0.717, 1.165) is 6.42 Å². The topological polar surface area (TPSA) is 20.3 Å². The summed E-state index contributed by atoms with van der Waals surface area (Å²) in [5.74, 6) is 2.56. The number of carbonyl (C=O) groups is 1. The number of nitrogens with zero attached hydrogens (tertiary/aromatic N) is 1. The van der Waals surface area contributed by atoms with E-state index in [-0.39, 0.29) is 5.92 Å². The molecule has 0 N–H and O–H groups in total. The number of carbonyl (C=O) groups excluding carboxylic acids is 1. The maximum absolute atomic E-state index is 13.0. The van der Waals surface area contributed by atoms with Gasteiger partial charge < -0.3 is 4.90 Å². The average Bonchev–Trinajstić information content (AvgIpc) is 2.54. The van der Waals surface area contributed by atoms with Crippen molar-refractivity contribution in [3.63, 3.8) is 0 Å². The van der Waals surface area contributed by atoms with Crippen LogP contribution in [0.5, 0.6) is 0 Å². The van der Waals surface area contributed by atoms with Crippen molar-refractivity contribution in [2.45, 2.75) is 73.9 Å². The lowest BCUT2D eigenvalue weighted by Crippen LogP contribution is -2.48. The second-order valence-corrected chi connectivity index (χ2v) is 7.52. The van der Waals surface area contributed by atoms with E-state index in [1.54, 1.807) is 0 Å². The number of likely N-dealkylation sites (tertiary alicyclic amines) is 1.